The van der Waals surface area contributed by atoms with Crippen LogP contribution in [0.5, 0.6) is 0 Å². The number of nitrogens with one attached hydrogen (secondary N) is 1. The van der Waals surface area contributed by atoms with Gasteiger partial charge < -0.3 is 15.0 Å². The highest BCUT2D eigenvalue weighted by Gasteiger charge is 2.33. The molecule has 1 atom stereocenters. The second-order valence-corrected chi connectivity index (χ2v) is 6.30. The summed E-state index contributed by atoms with van der Waals surface area (Å²) in [4.78, 5) is 48.5. The number of amides is 1. The number of nitrogens with zero attached hydrogens (tertiary/aromatic N) is 3. The van der Waals surface area contributed by atoms with Gasteiger partial charge in [-0.2, -0.15) is 0 Å². The predicted octanol–water partition coefficient (Wildman–Crippen LogP) is 1.15. The molecule has 0 saturated carbocycles. The number of carbonyl (C=O) groups excluding carboxylic acids is 1. The molecular formula is C18H20N4O4. The molecule has 1 saturated heterocycles. The Morgan fingerprint density at radius 1 is 1.42 bits per heavy atom. The zero-order valence-electron chi connectivity index (χ0n) is 14.4. The van der Waals surface area contributed by atoms with Crippen molar-refractivity contribution in [1.82, 2.24) is 19.9 Å². The fraction of sp³-hybridized carbons (Fsp3) is 0.389. The first-order valence-electron chi connectivity index (χ1n) is 8.50. The SMILES string of the molecule is Cc1nc(-c2cccnc2)[nH]c(=O)c1CCC(=O)N1CCCC1C(=O)O. The van der Waals surface area contributed by atoms with Gasteiger partial charge in [0.2, 0.25) is 5.91 Å². The van der Waals surface area contributed by atoms with E-state index in [-0.39, 0.29) is 24.3 Å². The number of aryl methyl sites for hydroxylation is 1. The molecule has 2 N–H and O–H groups in total. The van der Waals surface area contributed by atoms with Gasteiger partial charge in [0.05, 0.1) is 0 Å². The Morgan fingerprint density at radius 2 is 2.23 bits per heavy atom. The number of carbonyl (C=O) groups is 2. The van der Waals surface area contributed by atoms with Crippen molar-refractivity contribution in [3.05, 3.63) is 46.1 Å². The Kier molecular flexibility index (Phi) is 5.11. The van der Waals surface area contributed by atoms with E-state index in [1.807, 2.05) is 0 Å². The number of H-pyrrole nitrogens is 1. The molecule has 1 unspecified atom stereocenters. The molecule has 1 fully saturated rings. The smallest absolute Gasteiger partial charge is 0.326 e. The zero-order chi connectivity index (χ0) is 18.7. The number of aliphatic carboxylic acids is 1. The van der Waals surface area contributed by atoms with Crippen molar-refractivity contribution in [1.29, 1.82) is 0 Å². The van der Waals surface area contributed by atoms with Gasteiger partial charge >= 0.3 is 5.97 Å². The molecule has 0 spiro atoms. The molecule has 0 radical (unpaired) electrons. The summed E-state index contributed by atoms with van der Waals surface area (Å²) in [6.45, 7) is 2.17. The van der Waals surface area contributed by atoms with Gasteiger partial charge in [-0.1, -0.05) is 0 Å². The molecule has 1 amide bonds. The largest absolute Gasteiger partial charge is 0.480 e. The molecule has 2 aromatic heterocycles. The van der Waals surface area contributed by atoms with Crippen LogP contribution in [0.25, 0.3) is 11.4 Å². The average Bonchev–Trinajstić information content (AvgIpc) is 3.11. The van der Waals surface area contributed by atoms with E-state index in [4.69, 9.17) is 0 Å². The number of aromatic amines is 1. The van der Waals surface area contributed by atoms with Gasteiger partial charge in [-0.15, -0.1) is 0 Å². The van der Waals surface area contributed by atoms with Gasteiger partial charge in [0.15, 0.2) is 0 Å². The zero-order valence-corrected chi connectivity index (χ0v) is 14.4. The summed E-state index contributed by atoms with van der Waals surface area (Å²) in [5.41, 5.74) is 1.41. The molecule has 3 heterocycles. The second kappa shape index (κ2) is 7.47. The number of carboxylic acid groups (broad SMARTS) is 1. The number of pyridine rings is 1. The van der Waals surface area contributed by atoms with Crippen LogP contribution in [-0.4, -0.2) is 49.4 Å². The van der Waals surface area contributed by atoms with E-state index >= 15 is 0 Å². The minimum atomic E-state index is -0.979. The molecule has 8 nitrogen and oxygen atoms in total. The summed E-state index contributed by atoms with van der Waals surface area (Å²) in [7, 11) is 0. The van der Waals surface area contributed by atoms with Gasteiger partial charge in [-0.25, -0.2) is 9.78 Å². The lowest BCUT2D eigenvalue weighted by Crippen LogP contribution is -2.40. The number of aromatic nitrogens is 3. The summed E-state index contributed by atoms with van der Waals surface area (Å²) in [5, 5.41) is 9.18. The molecular weight excluding hydrogens is 336 g/mol. The molecule has 26 heavy (non-hydrogen) atoms. The van der Waals surface area contributed by atoms with E-state index < -0.39 is 12.0 Å². The molecule has 0 bridgehead atoms. The van der Waals surface area contributed by atoms with Gasteiger partial charge in [-0.05, 0) is 38.3 Å². The Morgan fingerprint density at radius 3 is 2.88 bits per heavy atom. The number of rotatable bonds is 5. The lowest BCUT2D eigenvalue weighted by atomic mass is 10.1. The Balaban J connectivity index is 1.73. The van der Waals surface area contributed by atoms with Crippen LogP contribution in [0.1, 0.15) is 30.5 Å². The van der Waals surface area contributed by atoms with Gasteiger partial charge in [-0.3, -0.25) is 14.6 Å². The van der Waals surface area contributed by atoms with E-state index in [0.717, 1.165) is 0 Å². The summed E-state index contributed by atoms with van der Waals surface area (Å²) >= 11 is 0. The topological polar surface area (TPSA) is 116 Å². The Labute approximate surface area is 149 Å². The quantitative estimate of drug-likeness (QED) is 0.830. The number of hydrogen-bond acceptors (Lipinski definition) is 5. The van der Waals surface area contributed by atoms with Crippen LogP contribution >= 0.6 is 0 Å². The maximum atomic E-state index is 12.4. The van der Waals surface area contributed by atoms with E-state index in [1.54, 1.807) is 31.5 Å². The van der Waals surface area contributed by atoms with E-state index in [1.165, 1.54) is 4.90 Å². The first-order valence-corrected chi connectivity index (χ1v) is 8.50. The van der Waals surface area contributed by atoms with E-state index in [9.17, 15) is 19.5 Å². The third-order valence-electron chi connectivity index (χ3n) is 4.60. The fourth-order valence-corrected chi connectivity index (χ4v) is 3.24. The van der Waals surface area contributed by atoms with Crippen molar-refractivity contribution in [2.45, 2.75) is 38.6 Å². The van der Waals surface area contributed by atoms with Crippen molar-refractivity contribution < 1.29 is 14.7 Å². The highest BCUT2D eigenvalue weighted by Crippen LogP contribution is 2.19. The van der Waals surface area contributed by atoms with Crippen molar-refractivity contribution in [2.24, 2.45) is 0 Å². The minimum absolute atomic E-state index is 0.0849. The fourth-order valence-electron chi connectivity index (χ4n) is 3.24. The molecule has 136 valence electrons. The average molecular weight is 356 g/mol. The van der Waals surface area contributed by atoms with E-state index in [0.29, 0.717) is 42.0 Å². The summed E-state index contributed by atoms with van der Waals surface area (Å²) in [6.07, 6.45) is 4.72. The highest BCUT2D eigenvalue weighted by atomic mass is 16.4. The van der Waals surface area contributed by atoms with Crippen LogP contribution in [-0.2, 0) is 16.0 Å². The monoisotopic (exact) mass is 356 g/mol. The molecule has 3 rings (SSSR count). The first kappa shape index (κ1) is 17.8. The summed E-state index contributed by atoms with van der Waals surface area (Å²) < 4.78 is 0. The van der Waals surface area contributed by atoms with Gasteiger partial charge in [0.25, 0.3) is 5.56 Å². The van der Waals surface area contributed by atoms with Crippen LogP contribution in [0.4, 0.5) is 0 Å². The highest BCUT2D eigenvalue weighted by molar-refractivity contribution is 5.84. The third-order valence-corrected chi connectivity index (χ3v) is 4.60. The maximum absolute atomic E-state index is 12.4. The number of hydrogen-bond donors (Lipinski definition) is 2. The van der Waals surface area contributed by atoms with Crippen LogP contribution in [0.15, 0.2) is 29.3 Å². The van der Waals surface area contributed by atoms with Gasteiger partial charge in [0, 0.05) is 42.2 Å². The van der Waals surface area contributed by atoms with Crippen molar-refractivity contribution in [2.75, 3.05) is 6.54 Å². The minimum Gasteiger partial charge on any atom is -0.480 e. The molecule has 0 aromatic carbocycles. The molecule has 8 heteroatoms. The first-order chi connectivity index (χ1) is 12.5. The second-order valence-electron chi connectivity index (χ2n) is 6.30. The Hall–Kier alpha value is -3.03. The molecule has 1 aliphatic rings. The van der Waals surface area contributed by atoms with Crippen molar-refractivity contribution in [3.63, 3.8) is 0 Å². The van der Waals surface area contributed by atoms with Gasteiger partial charge in [0.1, 0.15) is 11.9 Å². The maximum Gasteiger partial charge on any atom is 0.326 e. The third kappa shape index (κ3) is 3.63. The van der Waals surface area contributed by atoms with Crippen LogP contribution < -0.4 is 5.56 Å². The molecule has 2 aromatic rings. The van der Waals surface area contributed by atoms with Crippen molar-refractivity contribution >= 4 is 11.9 Å². The standard InChI is InChI=1S/C18H20N4O4/c1-11-13(6-7-15(23)22-9-3-5-14(22)18(25)26)17(24)21-16(20-11)12-4-2-8-19-10-12/h2,4,8,10,14H,3,5-7,9H2,1H3,(H,25,26)(H,20,21,24). The lowest BCUT2D eigenvalue weighted by Gasteiger charge is -2.21. The summed E-state index contributed by atoms with van der Waals surface area (Å²) in [5.74, 6) is -0.793. The van der Waals surface area contributed by atoms with E-state index in [2.05, 4.69) is 15.0 Å². The lowest BCUT2D eigenvalue weighted by molar-refractivity contribution is -0.148. The predicted molar refractivity (Wildman–Crippen MR) is 93.5 cm³/mol. The molecule has 1 aliphatic heterocycles. The number of carboxylic acids is 1. The molecule has 0 aliphatic carbocycles. The van der Waals surface area contributed by atoms with Crippen LogP contribution in [0.3, 0.4) is 0 Å². The Bertz CT molecular complexity index is 879. The van der Waals surface area contributed by atoms with Crippen LogP contribution in [0, 0.1) is 6.92 Å². The summed E-state index contributed by atoms with van der Waals surface area (Å²) in [6, 6.07) is 2.80. The normalized spacial score (nSPS) is 16.7. The van der Waals surface area contributed by atoms with Crippen LogP contribution in [0.2, 0.25) is 0 Å². The van der Waals surface area contributed by atoms with Crippen molar-refractivity contribution in [3.8, 4) is 11.4 Å². The number of likely N-dealkylation sites (tertiary alicyclic amines) is 1.